The Morgan fingerprint density at radius 1 is 1.15 bits per heavy atom. The van der Waals surface area contributed by atoms with Crippen molar-refractivity contribution in [1.82, 2.24) is 0 Å². The molecule has 1 unspecified atom stereocenters. The third kappa shape index (κ3) is 3.30. The minimum Gasteiger partial charge on any atom is -0.397 e. The van der Waals surface area contributed by atoms with Crippen LogP contribution in [-0.4, -0.2) is 22.5 Å². The molecule has 0 aliphatic heterocycles. The van der Waals surface area contributed by atoms with Crippen molar-refractivity contribution in [2.24, 2.45) is 0 Å². The van der Waals surface area contributed by atoms with Gasteiger partial charge in [0.05, 0.1) is 0 Å². The predicted molar refractivity (Wildman–Crippen MR) is 56.5 cm³/mol. The van der Waals surface area contributed by atoms with Crippen LogP contribution in [0.25, 0.3) is 0 Å². The number of hydrogen-bond donors (Lipinski definition) is 0. The molecule has 0 bridgehead atoms. The van der Waals surface area contributed by atoms with Gasteiger partial charge in [0.1, 0.15) is 0 Å². The molecular formula is C10H16O2Si. The van der Waals surface area contributed by atoms with Gasteiger partial charge in [0.2, 0.25) is 0 Å². The zero-order chi connectivity index (χ0) is 9.68. The van der Waals surface area contributed by atoms with Gasteiger partial charge in [-0.05, 0) is 19.0 Å². The molecule has 0 N–H and O–H groups in total. The standard InChI is InChI=1S/C10H16O2Si/c1-9(2)12-13(11-3)10-7-5-4-6-8-10/h4-9,13H,1-3H3. The van der Waals surface area contributed by atoms with Crippen molar-refractivity contribution in [2.75, 3.05) is 7.11 Å². The van der Waals surface area contributed by atoms with E-state index in [1.807, 2.05) is 32.0 Å². The first kappa shape index (κ1) is 10.4. The van der Waals surface area contributed by atoms with Gasteiger partial charge in [-0.25, -0.2) is 0 Å². The Balaban J connectivity index is 2.67. The maximum atomic E-state index is 5.70. The summed E-state index contributed by atoms with van der Waals surface area (Å²) in [6.45, 7) is 4.06. The Labute approximate surface area is 81.3 Å². The second-order valence-corrected chi connectivity index (χ2v) is 5.24. The summed E-state index contributed by atoms with van der Waals surface area (Å²) in [5, 5.41) is 1.19. The quantitative estimate of drug-likeness (QED) is 0.673. The van der Waals surface area contributed by atoms with Gasteiger partial charge >= 0.3 is 9.28 Å². The summed E-state index contributed by atoms with van der Waals surface area (Å²) in [5.41, 5.74) is 0. The average Bonchev–Trinajstić information content (AvgIpc) is 2.15. The van der Waals surface area contributed by atoms with Crippen LogP contribution in [0.2, 0.25) is 0 Å². The van der Waals surface area contributed by atoms with Crippen molar-refractivity contribution in [1.29, 1.82) is 0 Å². The number of benzene rings is 1. The zero-order valence-corrected chi connectivity index (χ0v) is 9.51. The predicted octanol–water partition coefficient (Wildman–Crippen LogP) is 1.19. The van der Waals surface area contributed by atoms with Crippen molar-refractivity contribution in [3.05, 3.63) is 30.3 Å². The highest BCUT2D eigenvalue weighted by atomic mass is 28.3. The molecule has 1 rings (SSSR count). The second-order valence-electron chi connectivity index (χ2n) is 3.16. The van der Waals surface area contributed by atoms with Crippen LogP contribution in [0.15, 0.2) is 30.3 Å². The van der Waals surface area contributed by atoms with E-state index in [-0.39, 0.29) is 6.10 Å². The van der Waals surface area contributed by atoms with Crippen LogP contribution in [0.3, 0.4) is 0 Å². The lowest BCUT2D eigenvalue weighted by Gasteiger charge is -2.16. The van der Waals surface area contributed by atoms with Gasteiger partial charge in [-0.2, -0.15) is 0 Å². The van der Waals surface area contributed by atoms with Gasteiger partial charge in [-0.1, -0.05) is 30.3 Å². The minimum absolute atomic E-state index is 0.233. The fraction of sp³-hybridized carbons (Fsp3) is 0.400. The Kier molecular flexibility index (Phi) is 4.15. The fourth-order valence-electron chi connectivity index (χ4n) is 1.13. The normalized spacial score (nSPS) is 13.2. The Hall–Kier alpha value is -0.643. The first-order chi connectivity index (χ1) is 6.24. The molecule has 0 aromatic heterocycles. The molecule has 1 atom stereocenters. The molecule has 0 radical (unpaired) electrons. The maximum Gasteiger partial charge on any atom is 0.355 e. The van der Waals surface area contributed by atoms with Crippen LogP contribution in [0.1, 0.15) is 13.8 Å². The fourth-order valence-corrected chi connectivity index (χ4v) is 2.70. The number of hydrogen-bond acceptors (Lipinski definition) is 2. The van der Waals surface area contributed by atoms with Gasteiger partial charge < -0.3 is 8.85 Å². The molecule has 1 aromatic carbocycles. The van der Waals surface area contributed by atoms with Crippen molar-refractivity contribution >= 4 is 14.5 Å². The van der Waals surface area contributed by atoms with E-state index >= 15 is 0 Å². The van der Waals surface area contributed by atoms with Gasteiger partial charge in [-0.15, -0.1) is 0 Å². The second kappa shape index (κ2) is 5.17. The summed E-state index contributed by atoms with van der Waals surface area (Å²) in [4.78, 5) is 0. The molecule has 0 fully saturated rings. The van der Waals surface area contributed by atoms with Crippen molar-refractivity contribution in [3.63, 3.8) is 0 Å². The first-order valence-corrected chi connectivity index (χ1v) is 5.99. The average molecular weight is 196 g/mol. The van der Waals surface area contributed by atoms with Crippen molar-refractivity contribution < 1.29 is 8.85 Å². The van der Waals surface area contributed by atoms with Gasteiger partial charge in [0.15, 0.2) is 0 Å². The molecule has 0 spiro atoms. The van der Waals surface area contributed by atoms with Crippen LogP contribution >= 0.6 is 0 Å². The van der Waals surface area contributed by atoms with E-state index < -0.39 is 9.28 Å². The molecule has 3 heteroatoms. The van der Waals surface area contributed by atoms with Crippen LogP contribution in [0, 0.1) is 0 Å². The molecule has 1 aromatic rings. The minimum atomic E-state index is -1.63. The summed E-state index contributed by atoms with van der Waals surface area (Å²) in [7, 11) is 0.0854. The SMILES string of the molecule is CO[SiH](OC(C)C)c1ccccc1. The van der Waals surface area contributed by atoms with Gasteiger partial charge in [0, 0.05) is 13.2 Å². The topological polar surface area (TPSA) is 18.5 Å². The summed E-state index contributed by atoms with van der Waals surface area (Å²) in [5.74, 6) is 0. The molecule has 13 heavy (non-hydrogen) atoms. The van der Waals surface area contributed by atoms with E-state index in [1.165, 1.54) is 5.19 Å². The smallest absolute Gasteiger partial charge is 0.355 e. The summed E-state index contributed by atoms with van der Waals surface area (Å²) in [6, 6.07) is 10.1. The van der Waals surface area contributed by atoms with E-state index in [0.717, 1.165) is 0 Å². The van der Waals surface area contributed by atoms with E-state index in [1.54, 1.807) is 7.11 Å². The molecule has 72 valence electrons. The van der Waals surface area contributed by atoms with E-state index in [4.69, 9.17) is 8.85 Å². The third-order valence-corrected chi connectivity index (χ3v) is 3.83. The molecule has 2 nitrogen and oxygen atoms in total. The largest absolute Gasteiger partial charge is 0.397 e. The maximum absolute atomic E-state index is 5.70. The van der Waals surface area contributed by atoms with Gasteiger partial charge in [0.25, 0.3) is 0 Å². The van der Waals surface area contributed by atoms with Crippen LogP contribution < -0.4 is 5.19 Å². The van der Waals surface area contributed by atoms with Crippen LogP contribution in [-0.2, 0) is 8.85 Å². The van der Waals surface area contributed by atoms with Crippen LogP contribution in [0.5, 0.6) is 0 Å². The molecule has 0 aliphatic carbocycles. The van der Waals surface area contributed by atoms with Crippen molar-refractivity contribution in [2.45, 2.75) is 20.0 Å². The lowest BCUT2D eigenvalue weighted by Crippen LogP contribution is -2.37. The highest BCUT2D eigenvalue weighted by Crippen LogP contribution is 1.96. The van der Waals surface area contributed by atoms with Crippen LogP contribution in [0.4, 0.5) is 0 Å². The monoisotopic (exact) mass is 196 g/mol. The molecule has 0 saturated heterocycles. The first-order valence-electron chi connectivity index (χ1n) is 4.47. The molecule has 0 aliphatic rings. The molecule has 0 saturated carbocycles. The summed E-state index contributed by atoms with van der Waals surface area (Å²) < 4.78 is 11.1. The zero-order valence-electron chi connectivity index (χ0n) is 8.36. The Bertz CT molecular complexity index is 236. The van der Waals surface area contributed by atoms with Crippen molar-refractivity contribution in [3.8, 4) is 0 Å². The summed E-state index contributed by atoms with van der Waals surface area (Å²) >= 11 is 0. The van der Waals surface area contributed by atoms with E-state index in [0.29, 0.717) is 0 Å². The third-order valence-electron chi connectivity index (χ3n) is 1.68. The molecule has 0 heterocycles. The highest BCUT2D eigenvalue weighted by Gasteiger charge is 2.15. The Morgan fingerprint density at radius 2 is 1.77 bits per heavy atom. The molecule has 0 amide bonds. The van der Waals surface area contributed by atoms with Gasteiger partial charge in [-0.3, -0.25) is 0 Å². The van der Waals surface area contributed by atoms with E-state index in [9.17, 15) is 0 Å². The lowest BCUT2D eigenvalue weighted by molar-refractivity contribution is 0.188. The highest BCUT2D eigenvalue weighted by molar-refractivity contribution is 6.61. The number of rotatable bonds is 4. The van der Waals surface area contributed by atoms with E-state index in [2.05, 4.69) is 12.1 Å². The summed E-state index contributed by atoms with van der Waals surface area (Å²) in [6.07, 6.45) is 0.233. The lowest BCUT2D eigenvalue weighted by atomic mass is 10.4. The Morgan fingerprint density at radius 3 is 2.23 bits per heavy atom. The molecular weight excluding hydrogens is 180 g/mol.